The normalized spacial score (nSPS) is 22.1. The first kappa shape index (κ1) is 38.9. The van der Waals surface area contributed by atoms with E-state index >= 15 is 0 Å². The van der Waals surface area contributed by atoms with Crippen molar-refractivity contribution in [3.63, 3.8) is 0 Å². The smallest absolute Gasteiger partial charge is 0.168 e. The first-order valence-corrected chi connectivity index (χ1v) is 20.9. The number of halogens is 2. The Morgan fingerprint density at radius 2 is 1.18 bits per heavy atom. The molecule has 5 fully saturated rings. The lowest BCUT2D eigenvalue weighted by Crippen LogP contribution is -2.32. The molecule has 0 amide bonds. The van der Waals surface area contributed by atoms with Crippen molar-refractivity contribution in [2.24, 2.45) is 0 Å². The van der Waals surface area contributed by atoms with Crippen LogP contribution in [0.25, 0.3) is 0 Å². The van der Waals surface area contributed by atoms with Gasteiger partial charge >= 0.3 is 0 Å². The Kier molecular flexibility index (Phi) is 30.0. The lowest BCUT2D eigenvalue weighted by atomic mass is 9.94. The Hall–Kier alpha value is 0.850. The van der Waals surface area contributed by atoms with Crippen molar-refractivity contribution in [3.8, 4) is 0 Å². The van der Waals surface area contributed by atoms with Crippen molar-refractivity contribution in [2.45, 2.75) is 121 Å². The highest BCUT2D eigenvalue weighted by Crippen LogP contribution is 2.35. The number of carbonyl (C=O) groups is 1. The van der Waals surface area contributed by atoms with Crippen LogP contribution < -0.4 is 0 Å². The molecule has 10 heteroatoms. The van der Waals surface area contributed by atoms with Gasteiger partial charge in [-0.1, -0.05) is 32.1 Å². The molecule has 3 aliphatic carbocycles. The zero-order chi connectivity index (χ0) is 28.2. The molecule has 0 atom stereocenters. The minimum absolute atomic E-state index is 0.125. The van der Waals surface area contributed by atoms with Crippen molar-refractivity contribution in [3.05, 3.63) is 0 Å². The molecule has 5 aliphatic rings. The van der Waals surface area contributed by atoms with Crippen molar-refractivity contribution < 1.29 is 39.1 Å². The van der Waals surface area contributed by atoms with Gasteiger partial charge in [-0.3, -0.25) is 4.79 Å². The second-order valence-electron chi connectivity index (χ2n) is 9.89. The van der Waals surface area contributed by atoms with E-state index in [-0.39, 0.29) is 25.6 Å². The van der Waals surface area contributed by atoms with Crippen LogP contribution >= 0.6 is 37.2 Å². The fraction of sp³-hybridized carbons (Fsp3) is 0.964. The number of carbonyl (C=O) groups excluding carboxylic acids is 1. The van der Waals surface area contributed by atoms with E-state index in [1.54, 1.807) is 0 Å². The van der Waals surface area contributed by atoms with E-state index < -0.39 is 0 Å². The lowest BCUT2D eigenvalue weighted by molar-refractivity contribution is -0.176. The molecule has 1 spiro atoms. The highest BCUT2D eigenvalue weighted by molar-refractivity contribution is 15.0. The van der Waals surface area contributed by atoms with Gasteiger partial charge in [0.15, 0.2) is 5.79 Å². The van der Waals surface area contributed by atoms with Crippen molar-refractivity contribution in [2.75, 3.05) is 52.9 Å². The molecule has 2 aliphatic heterocycles. The van der Waals surface area contributed by atoms with Gasteiger partial charge in [0.1, 0.15) is 5.78 Å². The van der Waals surface area contributed by atoms with Gasteiger partial charge in [0.2, 0.25) is 0 Å². The molecule has 0 aromatic carbocycles. The summed E-state index contributed by atoms with van der Waals surface area (Å²) in [5.74, 6) is 0.337. The van der Waals surface area contributed by atoms with Gasteiger partial charge in [0, 0.05) is 76.1 Å². The van der Waals surface area contributed by atoms with Crippen molar-refractivity contribution in [1.29, 1.82) is 0 Å². The van der Waals surface area contributed by atoms with Gasteiger partial charge in [-0.05, 0) is 51.4 Å². The summed E-state index contributed by atoms with van der Waals surface area (Å²) in [7, 11) is 0. The molecular formula is C28H54I2O8. The van der Waals surface area contributed by atoms with Crippen LogP contribution in [-0.2, 0) is 23.7 Å². The summed E-state index contributed by atoms with van der Waals surface area (Å²) in [5, 5.41) is 23.7. The predicted octanol–water partition coefficient (Wildman–Crippen LogP) is 6.08. The molecule has 5 rings (SSSR count). The van der Waals surface area contributed by atoms with E-state index in [1.165, 1.54) is 70.6 Å². The van der Waals surface area contributed by atoms with Crippen LogP contribution in [0.2, 0.25) is 0 Å². The number of aliphatic hydroxyl groups is 3. The summed E-state index contributed by atoms with van der Waals surface area (Å²) < 4.78 is 21.4. The third-order valence-corrected chi connectivity index (χ3v) is 6.76. The fourth-order valence-electron chi connectivity index (χ4n) is 4.78. The lowest BCUT2D eigenvalue weighted by Gasteiger charge is -2.30. The molecular weight excluding hydrogens is 718 g/mol. The van der Waals surface area contributed by atoms with Crippen LogP contribution in [-0.4, -0.2) is 85.8 Å². The molecule has 0 aromatic rings. The fourth-order valence-corrected chi connectivity index (χ4v) is 4.78. The van der Waals surface area contributed by atoms with Crippen molar-refractivity contribution in [1.82, 2.24) is 0 Å². The highest BCUT2D eigenvalue weighted by Gasteiger charge is 2.37. The molecule has 228 valence electrons. The van der Waals surface area contributed by atoms with E-state index in [9.17, 15) is 4.79 Å². The number of ether oxygens (including phenoxy) is 4. The molecule has 0 aromatic heterocycles. The van der Waals surface area contributed by atoms with E-state index in [1.807, 2.05) is 0 Å². The molecule has 0 bridgehead atoms. The van der Waals surface area contributed by atoms with Crippen LogP contribution in [0.4, 0.5) is 0 Å². The largest absolute Gasteiger partial charge is 0.394 e. The van der Waals surface area contributed by atoms with Crippen LogP contribution in [0, 0.1) is 0 Å². The third-order valence-electron chi connectivity index (χ3n) is 6.76. The average Bonchev–Trinajstić information content (AvgIpc) is 3.72. The number of rotatable bonds is 4. The maximum atomic E-state index is 10.5. The number of aliphatic hydroxyl groups excluding tert-OH is 3. The molecule has 0 radical (unpaired) electrons. The minimum Gasteiger partial charge on any atom is -0.394 e. The first-order chi connectivity index (χ1) is 18.7. The van der Waals surface area contributed by atoms with Crippen LogP contribution in [0.1, 0.15) is 109 Å². The Bertz CT molecular complexity index is 472. The SMILES string of the molecule is C1CCC2(CC1)OCCO2.C1CCOC1.II.O=C1CCCCC1.OCCO.OCCOC1CCCCC1. The zero-order valence-electron chi connectivity index (χ0n) is 23.4. The molecule has 2 heterocycles. The summed E-state index contributed by atoms with van der Waals surface area (Å²) in [6.07, 6.45) is 20.7. The Morgan fingerprint density at radius 3 is 1.58 bits per heavy atom. The number of Topliss-reactive ketones (excluding diaryl/α,β-unsaturated/α-hetero) is 1. The number of ketones is 1. The van der Waals surface area contributed by atoms with E-state index in [0.29, 0.717) is 18.5 Å². The monoisotopic (exact) mass is 772 g/mol. The topological polar surface area (TPSA) is 115 Å². The Labute approximate surface area is 254 Å². The highest BCUT2D eigenvalue weighted by atomic mass is 128. The van der Waals surface area contributed by atoms with E-state index in [2.05, 4.69) is 37.2 Å². The number of hydrogen-bond acceptors (Lipinski definition) is 8. The van der Waals surface area contributed by atoms with Gasteiger partial charge in [0.25, 0.3) is 0 Å². The van der Waals surface area contributed by atoms with E-state index in [4.69, 9.17) is 34.3 Å². The van der Waals surface area contributed by atoms with Crippen molar-refractivity contribution >= 4 is 43.0 Å². The summed E-state index contributed by atoms with van der Waals surface area (Å²) in [6, 6.07) is 0. The van der Waals surface area contributed by atoms with Gasteiger partial charge in [0.05, 0.1) is 45.7 Å². The molecule has 2 saturated heterocycles. The van der Waals surface area contributed by atoms with Gasteiger partial charge in [-0.15, -0.1) is 0 Å². The molecule has 0 unspecified atom stereocenters. The predicted molar refractivity (Wildman–Crippen MR) is 168 cm³/mol. The molecule has 3 N–H and O–H groups in total. The summed E-state index contributed by atoms with van der Waals surface area (Å²) in [5.41, 5.74) is 0. The summed E-state index contributed by atoms with van der Waals surface area (Å²) >= 11 is 4.24. The molecule has 8 nitrogen and oxygen atoms in total. The Balaban J connectivity index is 0.000000460. The molecule has 38 heavy (non-hydrogen) atoms. The zero-order valence-corrected chi connectivity index (χ0v) is 27.7. The Morgan fingerprint density at radius 1 is 0.684 bits per heavy atom. The van der Waals surface area contributed by atoms with Crippen LogP contribution in [0.5, 0.6) is 0 Å². The maximum Gasteiger partial charge on any atom is 0.168 e. The third kappa shape index (κ3) is 22.5. The maximum absolute atomic E-state index is 10.5. The van der Waals surface area contributed by atoms with Gasteiger partial charge in [-0.2, -0.15) is 0 Å². The first-order valence-electron chi connectivity index (χ1n) is 14.6. The molecule has 3 saturated carbocycles. The standard InChI is InChI=1S/C8H14O2.C8H16O2.C6H10O.C4H8O.C2H6O2.I2/c1-2-4-8(5-3-1)9-6-7-10-8;9-6-7-10-8-4-2-1-3-5-8;7-6-4-2-1-3-5-6;1-2-4-5-3-1;3-1-2-4;1-2/h1-7H2;8-9H,1-7H2;1-5H2;1-4H2;3-4H,1-2H2;. The second-order valence-corrected chi connectivity index (χ2v) is 9.89. The van der Waals surface area contributed by atoms with E-state index in [0.717, 1.165) is 65.0 Å². The quantitative estimate of drug-likeness (QED) is 0.295. The van der Waals surface area contributed by atoms with Crippen LogP contribution in [0.15, 0.2) is 0 Å². The second kappa shape index (κ2) is 29.3. The van der Waals surface area contributed by atoms with Gasteiger partial charge < -0.3 is 34.3 Å². The van der Waals surface area contributed by atoms with Gasteiger partial charge in [-0.25, -0.2) is 0 Å². The van der Waals surface area contributed by atoms with Crippen LogP contribution in [0.3, 0.4) is 0 Å². The summed E-state index contributed by atoms with van der Waals surface area (Å²) in [4.78, 5) is 10.5. The minimum atomic E-state index is -0.127. The number of hydrogen-bond donors (Lipinski definition) is 3. The average molecular weight is 773 g/mol. The summed E-state index contributed by atoms with van der Waals surface area (Å²) in [6.45, 7) is 4.04.